The summed E-state index contributed by atoms with van der Waals surface area (Å²) in [6.07, 6.45) is 0. The van der Waals surface area contributed by atoms with Gasteiger partial charge in [-0.1, -0.05) is 6.07 Å². The predicted molar refractivity (Wildman–Crippen MR) is 73.9 cm³/mol. The minimum Gasteiger partial charge on any atom is -0.322 e. The summed E-state index contributed by atoms with van der Waals surface area (Å²) in [7, 11) is 0. The van der Waals surface area contributed by atoms with Gasteiger partial charge in [0.2, 0.25) is 0 Å². The molecule has 6 heteroatoms. The highest BCUT2D eigenvalue weighted by atomic mass is 15.2. The number of nitrogens with zero attached hydrogens (tertiary/aromatic N) is 3. The number of nitrogens with one attached hydrogen (secondary N) is 2. The van der Waals surface area contributed by atoms with Gasteiger partial charge in [-0.05, 0) is 32.9 Å². The third-order valence-electron chi connectivity index (χ3n) is 2.38. The molecule has 0 saturated heterocycles. The molecule has 0 aliphatic carbocycles. The second-order valence-corrected chi connectivity index (χ2v) is 4.30. The van der Waals surface area contributed by atoms with Gasteiger partial charge in [0, 0.05) is 11.8 Å². The van der Waals surface area contributed by atoms with Crippen LogP contribution in [0.25, 0.3) is 0 Å². The molecule has 6 nitrogen and oxygen atoms in total. The van der Waals surface area contributed by atoms with Crippen LogP contribution in [-0.2, 0) is 0 Å². The average Bonchev–Trinajstić information content (AvgIpc) is 2.26. The van der Waals surface area contributed by atoms with Gasteiger partial charge >= 0.3 is 5.95 Å². The first-order valence-corrected chi connectivity index (χ1v) is 5.95. The minimum atomic E-state index is 0.336. The summed E-state index contributed by atoms with van der Waals surface area (Å²) in [6, 6.07) is 7.56. The van der Waals surface area contributed by atoms with E-state index in [1.807, 2.05) is 45.0 Å². The molecule has 98 valence electrons. The lowest BCUT2D eigenvalue weighted by molar-refractivity contribution is -0.365. The van der Waals surface area contributed by atoms with Crippen molar-refractivity contribution in [2.45, 2.75) is 20.8 Å². The van der Waals surface area contributed by atoms with Gasteiger partial charge in [0.15, 0.2) is 5.82 Å². The fourth-order valence-electron chi connectivity index (χ4n) is 1.68. The maximum absolute atomic E-state index is 5.86. The largest absolute Gasteiger partial charge is 0.354 e. The van der Waals surface area contributed by atoms with Crippen LogP contribution in [0.15, 0.2) is 24.3 Å². The molecule has 2 rings (SSSR count). The van der Waals surface area contributed by atoms with Crippen LogP contribution in [-0.4, -0.2) is 20.9 Å². The Morgan fingerprint density at radius 3 is 2.37 bits per heavy atom. The fraction of sp³-hybridized carbons (Fsp3) is 0.231. The Balaban J connectivity index is 2.19. The lowest BCUT2D eigenvalue weighted by Crippen LogP contribution is -2.72. The summed E-state index contributed by atoms with van der Waals surface area (Å²) < 4.78 is 0. The number of hydrogen-bond donors (Lipinski definition) is 3. The van der Waals surface area contributed by atoms with Gasteiger partial charge in [-0.2, -0.15) is 0 Å². The van der Waals surface area contributed by atoms with E-state index in [4.69, 9.17) is 5.73 Å². The topological polar surface area (TPSA) is 90.7 Å². The van der Waals surface area contributed by atoms with Crippen LogP contribution in [0.3, 0.4) is 0 Å². The van der Waals surface area contributed by atoms with Crippen molar-refractivity contribution in [2.75, 3.05) is 5.32 Å². The number of aromatic nitrogens is 3. The van der Waals surface area contributed by atoms with Crippen molar-refractivity contribution in [3.63, 3.8) is 0 Å². The zero-order valence-corrected chi connectivity index (χ0v) is 11.2. The number of nitrogens with two attached hydrogens (primary N) is 1. The van der Waals surface area contributed by atoms with Crippen LogP contribution in [0, 0.1) is 20.8 Å². The molecule has 2 aromatic heterocycles. The van der Waals surface area contributed by atoms with E-state index in [-0.39, 0.29) is 0 Å². The number of guanidine groups is 1. The van der Waals surface area contributed by atoms with Crippen molar-refractivity contribution in [1.29, 1.82) is 0 Å². The second kappa shape index (κ2) is 5.43. The highest BCUT2D eigenvalue weighted by Gasteiger charge is 2.06. The van der Waals surface area contributed by atoms with Crippen LogP contribution >= 0.6 is 0 Å². The average molecular weight is 257 g/mol. The maximum Gasteiger partial charge on any atom is 0.354 e. The highest BCUT2D eigenvalue weighted by molar-refractivity contribution is 5.87. The van der Waals surface area contributed by atoms with Gasteiger partial charge in [-0.25, -0.2) is 9.98 Å². The second-order valence-electron chi connectivity index (χ2n) is 4.30. The molecule has 0 aromatic carbocycles. The molecule has 2 heterocycles. The zero-order chi connectivity index (χ0) is 13.8. The minimum absolute atomic E-state index is 0.336. The van der Waals surface area contributed by atoms with Gasteiger partial charge in [0.05, 0.1) is 11.4 Å². The van der Waals surface area contributed by atoms with Crippen LogP contribution < -0.4 is 16.0 Å². The third kappa shape index (κ3) is 3.74. The molecule has 0 atom stereocenters. The Bertz CT molecular complexity index is 600. The fourth-order valence-corrected chi connectivity index (χ4v) is 1.68. The van der Waals surface area contributed by atoms with Crippen molar-refractivity contribution >= 4 is 17.7 Å². The standard InChI is InChI=1S/C13H16N6/c1-8-5-4-6-11(15-8)18-12(14)19-13-16-9(2)7-10(3)17-13/h4-7H,1-3H3,(H3,14,15,16,17,18,19)/p+1. The summed E-state index contributed by atoms with van der Waals surface area (Å²) >= 11 is 0. The van der Waals surface area contributed by atoms with Gasteiger partial charge in [-0.15, -0.1) is 9.97 Å². The van der Waals surface area contributed by atoms with Crippen molar-refractivity contribution in [3.05, 3.63) is 41.3 Å². The first-order valence-electron chi connectivity index (χ1n) is 5.95. The van der Waals surface area contributed by atoms with E-state index in [1.54, 1.807) is 0 Å². The lowest BCUT2D eigenvalue weighted by atomic mass is 10.4. The molecule has 2 aromatic rings. The molecule has 0 unspecified atom stereocenters. The first kappa shape index (κ1) is 12.9. The van der Waals surface area contributed by atoms with E-state index < -0.39 is 0 Å². The van der Waals surface area contributed by atoms with Gasteiger partial charge < -0.3 is 5.73 Å². The van der Waals surface area contributed by atoms with Gasteiger partial charge in [0.1, 0.15) is 0 Å². The normalized spacial score (nSPS) is 11.4. The molecule has 0 spiro atoms. The Morgan fingerprint density at radius 2 is 1.74 bits per heavy atom. The Kier molecular flexibility index (Phi) is 3.70. The molecule has 0 fully saturated rings. The Labute approximate surface area is 111 Å². The SMILES string of the molecule is Cc1cccc(NC(N)=[NH+]c2nc(C)cc(C)n2)n1. The quantitative estimate of drug-likeness (QED) is 0.518. The molecule has 0 aliphatic heterocycles. The molecule has 0 aliphatic rings. The van der Waals surface area contributed by atoms with Gasteiger partial charge in [-0.3, -0.25) is 5.32 Å². The lowest BCUT2D eigenvalue weighted by Gasteiger charge is -2.01. The van der Waals surface area contributed by atoms with Crippen molar-refractivity contribution in [2.24, 2.45) is 5.73 Å². The zero-order valence-electron chi connectivity index (χ0n) is 11.2. The van der Waals surface area contributed by atoms with Crippen molar-refractivity contribution in [1.82, 2.24) is 15.0 Å². The Morgan fingerprint density at radius 1 is 1.05 bits per heavy atom. The molecular weight excluding hydrogens is 240 g/mol. The summed E-state index contributed by atoms with van der Waals surface area (Å²) in [5.41, 5.74) is 8.55. The van der Waals surface area contributed by atoms with Gasteiger partial charge in [0.25, 0.3) is 5.96 Å². The van der Waals surface area contributed by atoms with Crippen LogP contribution in [0.2, 0.25) is 0 Å². The van der Waals surface area contributed by atoms with E-state index in [1.165, 1.54) is 0 Å². The molecule has 4 N–H and O–H groups in total. The molecule has 19 heavy (non-hydrogen) atoms. The number of pyridine rings is 1. The Hall–Kier alpha value is -2.50. The van der Waals surface area contributed by atoms with E-state index in [2.05, 4.69) is 25.3 Å². The molecular formula is C13H17N6+. The number of rotatable bonds is 2. The van der Waals surface area contributed by atoms with E-state index in [9.17, 15) is 0 Å². The van der Waals surface area contributed by atoms with Crippen LogP contribution in [0.4, 0.5) is 11.8 Å². The predicted octanol–water partition coefficient (Wildman–Crippen LogP) is -0.0642. The summed E-state index contributed by atoms with van der Waals surface area (Å²) in [5.74, 6) is 1.48. The molecule has 0 saturated carbocycles. The van der Waals surface area contributed by atoms with Crippen LogP contribution in [0.1, 0.15) is 17.1 Å². The third-order valence-corrected chi connectivity index (χ3v) is 2.38. The number of aryl methyl sites for hydroxylation is 3. The maximum atomic E-state index is 5.86. The number of anilines is 1. The highest BCUT2D eigenvalue weighted by Crippen LogP contribution is 2.02. The summed E-state index contributed by atoms with van der Waals surface area (Å²) in [4.78, 5) is 15.7. The summed E-state index contributed by atoms with van der Waals surface area (Å²) in [5, 5.41) is 2.96. The van der Waals surface area contributed by atoms with E-state index in [0.717, 1.165) is 17.1 Å². The van der Waals surface area contributed by atoms with Crippen molar-refractivity contribution < 1.29 is 4.99 Å². The monoisotopic (exact) mass is 257 g/mol. The molecule has 0 amide bonds. The van der Waals surface area contributed by atoms with E-state index in [0.29, 0.717) is 17.7 Å². The smallest absolute Gasteiger partial charge is 0.322 e. The van der Waals surface area contributed by atoms with Crippen LogP contribution in [0.5, 0.6) is 0 Å². The molecule has 0 radical (unpaired) electrons. The molecule has 0 bridgehead atoms. The van der Waals surface area contributed by atoms with Crippen molar-refractivity contribution in [3.8, 4) is 0 Å². The van der Waals surface area contributed by atoms with E-state index >= 15 is 0 Å². The summed E-state index contributed by atoms with van der Waals surface area (Å²) in [6.45, 7) is 5.74. The number of hydrogen-bond acceptors (Lipinski definition) is 3. The first-order chi connectivity index (χ1) is 9.02.